The van der Waals surface area contributed by atoms with Crippen molar-refractivity contribution in [2.45, 2.75) is 20.3 Å². The van der Waals surface area contributed by atoms with Gasteiger partial charge in [-0.2, -0.15) is 0 Å². The number of benzene rings is 2. The van der Waals surface area contributed by atoms with Crippen LogP contribution in [0.3, 0.4) is 0 Å². The fourth-order valence-electron chi connectivity index (χ4n) is 3.06. The topological polar surface area (TPSA) is 79.7 Å². The largest absolute Gasteiger partial charge is 0.506 e. The molecular formula is C22H20FNO4. The molecule has 3 aromatic rings. The van der Waals surface area contributed by atoms with Crippen LogP contribution in [0.2, 0.25) is 0 Å². The van der Waals surface area contributed by atoms with Crippen molar-refractivity contribution in [3.63, 3.8) is 0 Å². The van der Waals surface area contributed by atoms with E-state index in [1.165, 1.54) is 6.07 Å². The van der Waals surface area contributed by atoms with Crippen LogP contribution in [-0.4, -0.2) is 27.8 Å². The maximum Gasteiger partial charge on any atom is 0.341 e. The number of carbonyl (C=O) groups is 1. The molecule has 0 amide bonds. The van der Waals surface area contributed by atoms with Gasteiger partial charge in [0.05, 0.1) is 0 Å². The fraction of sp³-hybridized carbons (Fsp3) is 0.182. The van der Waals surface area contributed by atoms with Crippen molar-refractivity contribution in [3.05, 3.63) is 76.7 Å². The molecule has 0 radical (unpaired) electrons. The molecule has 0 saturated heterocycles. The van der Waals surface area contributed by atoms with E-state index in [9.17, 15) is 14.3 Å². The first kappa shape index (κ1) is 19.4. The molecule has 1 aromatic heterocycles. The normalized spacial score (nSPS) is 10.7. The Kier molecular flexibility index (Phi) is 5.59. The minimum Gasteiger partial charge on any atom is -0.506 e. The monoisotopic (exact) mass is 381 g/mol. The summed E-state index contributed by atoms with van der Waals surface area (Å²) >= 11 is 0. The second-order valence-corrected chi connectivity index (χ2v) is 6.50. The van der Waals surface area contributed by atoms with E-state index in [2.05, 4.69) is 4.98 Å². The van der Waals surface area contributed by atoms with Gasteiger partial charge in [-0.05, 0) is 48.7 Å². The number of aliphatic carboxylic acids is 1. The number of aromatic nitrogens is 1. The van der Waals surface area contributed by atoms with Gasteiger partial charge in [0, 0.05) is 17.7 Å². The molecule has 5 nitrogen and oxygen atoms in total. The van der Waals surface area contributed by atoms with Crippen molar-refractivity contribution < 1.29 is 24.1 Å². The standard InChI is InChI=1S/C22H20FNO4/c1-13-10-19(28-12-20(26)27)21(23)14(2)17(13)11-16-8-9-18(25)22(24-16)15-6-4-3-5-7-15/h3-10,25H,11-12H2,1-2H3,(H,26,27). The van der Waals surface area contributed by atoms with Crippen LogP contribution in [0.4, 0.5) is 4.39 Å². The van der Waals surface area contributed by atoms with Crippen molar-refractivity contribution in [1.82, 2.24) is 4.98 Å². The quantitative estimate of drug-likeness (QED) is 0.667. The van der Waals surface area contributed by atoms with Gasteiger partial charge in [0.25, 0.3) is 0 Å². The van der Waals surface area contributed by atoms with E-state index in [0.717, 1.165) is 16.7 Å². The molecule has 2 aromatic carbocycles. The molecule has 0 fully saturated rings. The summed E-state index contributed by atoms with van der Waals surface area (Å²) in [7, 11) is 0. The van der Waals surface area contributed by atoms with Gasteiger partial charge in [-0.25, -0.2) is 14.2 Å². The highest BCUT2D eigenvalue weighted by Gasteiger charge is 2.17. The minimum absolute atomic E-state index is 0.0759. The third-order valence-electron chi connectivity index (χ3n) is 4.51. The molecule has 28 heavy (non-hydrogen) atoms. The molecule has 0 saturated carbocycles. The number of hydrogen-bond donors (Lipinski definition) is 2. The number of carboxylic acids is 1. The molecule has 6 heteroatoms. The molecule has 0 atom stereocenters. The molecule has 1 heterocycles. The number of halogens is 1. The second-order valence-electron chi connectivity index (χ2n) is 6.50. The van der Waals surface area contributed by atoms with E-state index in [1.807, 2.05) is 37.3 Å². The van der Waals surface area contributed by atoms with Crippen molar-refractivity contribution in [3.8, 4) is 22.8 Å². The molecule has 0 bridgehead atoms. The molecule has 3 rings (SSSR count). The van der Waals surface area contributed by atoms with Crippen molar-refractivity contribution in [1.29, 1.82) is 0 Å². The first-order chi connectivity index (χ1) is 13.4. The zero-order chi connectivity index (χ0) is 20.3. The summed E-state index contributed by atoms with van der Waals surface area (Å²) < 4.78 is 19.7. The van der Waals surface area contributed by atoms with Crippen LogP contribution < -0.4 is 4.74 Å². The Hall–Kier alpha value is -3.41. The first-order valence-electron chi connectivity index (χ1n) is 8.74. The third kappa shape index (κ3) is 4.11. The Labute approximate surface area is 162 Å². The average Bonchev–Trinajstić information content (AvgIpc) is 2.68. The van der Waals surface area contributed by atoms with Crippen LogP contribution in [0.1, 0.15) is 22.4 Å². The zero-order valence-corrected chi connectivity index (χ0v) is 15.6. The summed E-state index contributed by atoms with van der Waals surface area (Å²) in [6.07, 6.45) is 0.369. The van der Waals surface area contributed by atoms with E-state index >= 15 is 0 Å². The summed E-state index contributed by atoms with van der Waals surface area (Å²) in [6, 6.07) is 14.1. The Morgan fingerprint density at radius 3 is 2.54 bits per heavy atom. The van der Waals surface area contributed by atoms with Gasteiger partial charge in [-0.3, -0.25) is 0 Å². The number of rotatable bonds is 6. The number of nitrogens with zero attached hydrogens (tertiary/aromatic N) is 1. The fourth-order valence-corrected chi connectivity index (χ4v) is 3.06. The molecule has 2 N–H and O–H groups in total. The number of pyridine rings is 1. The van der Waals surface area contributed by atoms with Gasteiger partial charge in [0.2, 0.25) is 0 Å². The average molecular weight is 381 g/mol. The van der Waals surface area contributed by atoms with Gasteiger partial charge < -0.3 is 14.9 Å². The van der Waals surface area contributed by atoms with Crippen LogP contribution in [0.15, 0.2) is 48.5 Å². The zero-order valence-electron chi connectivity index (χ0n) is 15.6. The van der Waals surface area contributed by atoms with Gasteiger partial charge in [0.15, 0.2) is 18.2 Å². The number of aromatic hydroxyl groups is 1. The Balaban J connectivity index is 1.94. The second kappa shape index (κ2) is 8.08. The smallest absolute Gasteiger partial charge is 0.341 e. The van der Waals surface area contributed by atoms with Crippen LogP contribution >= 0.6 is 0 Å². The lowest BCUT2D eigenvalue weighted by Crippen LogP contribution is -2.11. The van der Waals surface area contributed by atoms with Crippen LogP contribution in [0.5, 0.6) is 11.5 Å². The molecular weight excluding hydrogens is 361 g/mol. The van der Waals surface area contributed by atoms with E-state index in [0.29, 0.717) is 23.4 Å². The maximum atomic E-state index is 14.6. The summed E-state index contributed by atoms with van der Waals surface area (Å²) in [5.41, 5.74) is 3.85. The van der Waals surface area contributed by atoms with Gasteiger partial charge in [-0.15, -0.1) is 0 Å². The highest BCUT2D eigenvalue weighted by atomic mass is 19.1. The number of carboxylic acid groups (broad SMARTS) is 1. The molecule has 0 aliphatic rings. The van der Waals surface area contributed by atoms with Crippen LogP contribution in [0.25, 0.3) is 11.3 Å². The molecule has 144 valence electrons. The number of aryl methyl sites for hydroxylation is 1. The lowest BCUT2D eigenvalue weighted by Gasteiger charge is -2.15. The number of ether oxygens (including phenoxy) is 1. The van der Waals surface area contributed by atoms with Crippen molar-refractivity contribution in [2.75, 3.05) is 6.61 Å². The van der Waals surface area contributed by atoms with Crippen LogP contribution in [0, 0.1) is 19.7 Å². The highest BCUT2D eigenvalue weighted by molar-refractivity contribution is 5.68. The minimum atomic E-state index is -1.17. The summed E-state index contributed by atoms with van der Waals surface area (Å²) in [5, 5.41) is 18.9. The van der Waals surface area contributed by atoms with E-state index in [1.54, 1.807) is 19.1 Å². The lowest BCUT2D eigenvalue weighted by atomic mass is 9.97. The summed E-state index contributed by atoms with van der Waals surface area (Å²) in [5.74, 6) is -1.75. The predicted octanol–water partition coefficient (Wildman–Crippen LogP) is 4.26. The molecule has 0 aliphatic carbocycles. The SMILES string of the molecule is Cc1cc(OCC(=O)O)c(F)c(C)c1Cc1ccc(O)c(-c2ccccc2)n1. The lowest BCUT2D eigenvalue weighted by molar-refractivity contribution is -0.139. The Morgan fingerprint density at radius 2 is 1.86 bits per heavy atom. The van der Waals surface area contributed by atoms with Crippen LogP contribution in [-0.2, 0) is 11.2 Å². The summed E-state index contributed by atoms with van der Waals surface area (Å²) in [4.78, 5) is 15.2. The maximum absolute atomic E-state index is 14.6. The third-order valence-corrected chi connectivity index (χ3v) is 4.51. The molecule has 0 unspecified atom stereocenters. The molecule has 0 aliphatic heterocycles. The Bertz CT molecular complexity index is 1020. The predicted molar refractivity (Wildman–Crippen MR) is 103 cm³/mol. The van der Waals surface area contributed by atoms with Gasteiger partial charge >= 0.3 is 5.97 Å². The highest BCUT2D eigenvalue weighted by Crippen LogP contribution is 2.31. The van der Waals surface area contributed by atoms with E-state index in [4.69, 9.17) is 9.84 Å². The number of hydrogen-bond acceptors (Lipinski definition) is 4. The van der Waals surface area contributed by atoms with Crippen molar-refractivity contribution >= 4 is 5.97 Å². The summed E-state index contributed by atoms with van der Waals surface area (Å²) in [6.45, 7) is 2.84. The van der Waals surface area contributed by atoms with Crippen molar-refractivity contribution in [2.24, 2.45) is 0 Å². The Morgan fingerprint density at radius 1 is 1.14 bits per heavy atom. The molecule has 0 spiro atoms. The van der Waals surface area contributed by atoms with Gasteiger partial charge in [-0.1, -0.05) is 30.3 Å². The van der Waals surface area contributed by atoms with Gasteiger partial charge in [0.1, 0.15) is 11.4 Å². The van der Waals surface area contributed by atoms with E-state index in [-0.39, 0.29) is 11.5 Å². The van der Waals surface area contributed by atoms with E-state index < -0.39 is 18.4 Å². The first-order valence-corrected chi connectivity index (χ1v) is 8.74.